The second kappa shape index (κ2) is 5.12. The molecule has 3 aliphatic carbocycles. The Labute approximate surface area is 144 Å². The van der Waals surface area contributed by atoms with E-state index in [2.05, 4.69) is 10.3 Å². The SMILES string of the molecule is Cn1ccc2c(C(=O)c3cn(C4CC5CC4C5)nn3)cccc2c1=O. The standard InChI is InChI=1S/C19H18N4O2/c1-22-6-5-13-14(3-2-4-15(13)19(22)25)18(24)16-10-23(21-20-16)17-9-11-7-12(17)8-11/h2-6,10-12,17H,7-9H2,1H3. The van der Waals surface area contributed by atoms with Gasteiger partial charge in [0, 0.05) is 24.2 Å². The predicted octanol–water partition coefficient (Wildman–Crippen LogP) is 2.33. The van der Waals surface area contributed by atoms with Gasteiger partial charge in [-0.05, 0) is 48.6 Å². The lowest BCUT2D eigenvalue weighted by Gasteiger charge is -2.24. The molecule has 3 saturated carbocycles. The summed E-state index contributed by atoms with van der Waals surface area (Å²) in [6, 6.07) is 7.43. The van der Waals surface area contributed by atoms with E-state index >= 15 is 0 Å². The van der Waals surface area contributed by atoms with E-state index in [0.717, 1.165) is 12.3 Å². The molecule has 25 heavy (non-hydrogen) atoms. The third-order valence-electron chi connectivity index (χ3n) is 5.84. The molecule has 1 aromatic carbocycles. The van der Waals surface area contributed by atoms with E-state index in [4.69, 9.17) is 0 Å². The van der Waals surface area contributed by atoms with Crippen LogP contribution in [0.4, 0.5) is 0 Å². The Bertz CT molecular complexity index is 1060. The smallest absolute Gasteiger partial charge is 0.258 e. The highest BCUT2D eigenvalue weighted by Gasteiger charge is 2.45. The summed E-state index contributed by atoms with van der Waals surface area (Å²) < 4.78 is 3.38. The van der Waals surface area contributed by atoms with Gasteiger partial charge in [-0.15, -0.1) is 5.10 Å². The van der Waals surface area contributed by atoms with E-state index in [1.807, 2.05) is 4.68 Å². The predicted molar refractivity (Wildman–Crippen MR) is 92.5 cm³/mol. The number of nitrogens with zero attached hydrogens (tertiary/aromatic N) is 4. The first-order valence-corrected chi connectivity index (χ1v) is 8.66. The second-order valence-electron chi connectivity index (χ2n) is 7.31. The van der Waals surface area contributed by atoms with Crippen molar-refractivity contribution in [1.29, 1.82) is 0 Å². The van der Waals surface area contributed by atoms with Crippen molar-refractivity contribution >= 4 is 16.6 Å². The Kier molecular flexibility index (Phi) is 2.98. The lowest BCUT2D eigenvalue weighted by molar-refractivity contribution is 0.103. The molecule has 1 unspecified atom stereocenters. The minimum atomic E-state index is -0.185. The molecule has 0 N–H and O–H groups in total. The third-order valence-corrected chi connectivity index (χ3v) is 5.84. The molecule has 3 fully saturated rings. The van der Waals surface area contributed by atoms with Crippen LogP contribution in [0.3, 0.4) is 0 Å². The topological polar surface area (TPSA) is 69.8 Å². The largest absolute Gasteiger partial charge is 0.318 e. The monoisotopic (exact) mass is 334 g/mol. The number of aryl methyl sites for hydroxylation is 1. The number of hydrogen-bond donors (Lipinski definition) is 0. The number of carbonyl (C=O) groups is 1. The highest BCUT2D eigenvalue weighted by Crippen LogP contribution is 2.54. The molecule has 2 heterocycles. The number of aromatic nitrogens is 4. The first-order chi connectivity index (χ1) is 12.1. The maximum atomic E-state index is 13.0. The third kappa shape index (κ3) is 2.10. The molecule has 1 atom stereocenters. The van der Waals surface area contributed by atoms with Crippen LogP contribution in [0.1, 0.15) is 41.4 Å². The second-order valence-corrected chi connectivity index (χ2v) is 7.31. The molecule has 2 bridgehead atoms. The first-order valence-electron chi connectivity index (χ1n) is 8.66. The highest BCUT2D eigenvalue weighted by atomic mass is 16.1. The van der Waals surface area contributed by atoms with Gasteiger partial charge >= 0.3 is 0 Å². The van der Waals surface area contributed by atoms with Crippen LogP contribution in [-0.4, -0.2) is 25.3 Å². The Morgan fingerprint density at radius 1 is 1.16 bits per heavy atom. The van der Waals surface area contributed by atoms with Crippen molar-refractivity contribution in [3.05, 3.63) is 58.3 Å². The van der Waals surface area contributed by atoms with E-state index in [9.17, 15) is 9.59 Å². The van der Waals surface area contributed by atoms with E-state index in [0.29, 0.717) is 34.0 Å². The fraction of sp³-hybridized carbons (Fsp3) is 0.368. The molecule has 2 aromatic heterocycles. The van der Waals surface area contributed by atoms with Crippen LogP contribution in [-0.2, 0) is 7.05 Å². The average Bonchev–Trinajstić information content (AvgIpc) is 3.30. The van der Waals surface area contributed by atoms with Gasteiger partial charge in [0.15, 0.2) is 5.69 Å². The molecule has 3 aromatic rings. The number of benzene rings is 1. The minimum Gasteiger partial charge on any atom is -0.318 e. The lowest BCUT2D eigenvalue weighted by atomic mass is 9.84. The highest BCUT2D eigenvalue weighted by molar-refractivity contribution is 6.15. The molecule has 6 heteroatoms. The van der Waals surface area contributed by atoms with Gasteiger partial charge in [0.25, 0.3) is 5.56 Å². The van der Waals surface area contributed by atoms with Gasteiger partial charge in [0.05, 0.1) is 12.2 Å². The molecule has 6 rings (SSSR count). The summed E-state index contributed by atoms with van der Waals surface area (Å²) in [5, 5.41) is 9.53. The van der Waals surface area contributed by atoms with Gasteiger partial charge in [0.2, 0.25) is 5.78 Å². The van der Waals surface area contributed by atoms with Crippen molar-refractivity contribution in [3.8, 4) is 0 Å². The van der Waals surface area contributed by atoms with Gasteiger partial charge in [0.1, 0.15) is 0 Å². The Balaban J connectivity index is 1.55. The Morgan fingerprint density at radius 2 is 2.00 bits per heavy atom. The lowest BCUT2D eigenvalue weighted by Crippen LogP contribution is -2.17. The first kappa shape index (κ1) is 14.6. The number of ketones is 1. The van der Waals surface area contributed by atoms with E-state index < -0.39 is 0 Å². The molecule has 0 aliphatic heterocycles. The van der Waals surface area contributed by atoms with Crippen LogP contribution >= 0.6 is 0 Å². The number of fused-ring (bicyclic) bond motifs is 2. The minimum absolute atomic E-state index is 0.110. The van der Waals surface area contributed by atoms with Gasteiger partial charge in [-0.1, -0.05) is 17.3 Å². The maximum Gasteiger partial charge on any atom is 0.258 e. The number of pyridine rings is 1. The summed E-state index contributed by atoms with van der Waals surface area (Å²) >= 11 is 0. The van der Waals surface area contributed by atoms with Crippen LogP contribution in [0.15, 0.2) is 41.5 Å². The molecule has 0 radical (unpaired) electrons. The van der Waals surface area contributed by atoms with Crippen molar-refractivity contribution in [1.82, 2.24) is 19.6 Å². The van der Waals surface area contributed by atoms with Crippen LogP contribution < -0.4 is 5.56 Å². The summed E-state index contributed by atoms with van der Waals surface area (Å²) in [5.41, 5.74) is 0.733. The Hall–Kier alpha value is -2.76. The van der Waals surface area contributed by atoms with Crippen molar-refractivity contribution in [2.24, 2.45) is 18.9 Å². The molecule has 126 valence electrons. The van der Waals surface area contributed by atoms with Gasteiger partial charge < -0.3 is 4.57 Å². The molecule has 6 nitrogen and oxygen atoms in total. The summed E-state index contributed by atoms with van der Waals surface area (Å²) in [6.07, 6.45) is 7.16. The normalized spacial score (nSPS) is 24.4. The number of rotatable bonds is 3. The summed E-state index contributed by atoms with van der Waals surface area (Å²) in [5.74, 6) is 1.33. The van der Waals surface area contributed by atoms with Crippen molar-refractivity contribution in [2.45, 2.75) is 25.3 Å². The summed E-state index contributed by atoms with van der Waals surface area (Å²) in [4.78, 5) is 25.2. The van der Waals surface area contributed by atoms with Crippen molar-refractivity contribution in [3.63, 3.8) is 0 Å². The van der Waals surface area contributed by atoms with Crippen molar-refractivity contribution in [2.75, 3.05) is 0 Å². The number of carbonyl (C=O) groups excluding carboxylic acids is 1. The quantitative estimate of drug-likeness (QED) is 0.689. The van der Waals surface area contributed by atoms with E-state index in [1.54, 1.807) is 43.7 Å². The molecule has 3 aliphatic rings. The van der Waals surface area contributed by atoms with E-state index in [-0.39, 0.29) is 11.3 Å². The summed E-state index contributed by atoms with van der Waals surface area (Å²) in [6.45, 7) is 0. The molecule has 0 amide bonds. The average molecular weight is 334 g/mol. The van der Waals surface area contributed by atoms with Crippen LogP contribution in [0.25, 0.3) is 10.8 Å². The van der Waals surface area contributed by atoms with Gasteiger partial charge in [-0.2, -0.15) is 0 Å². The molecular formula is C19H18N4O2. The molecule has 0 saturated heterocycles. The van der Waals surface area contributed by atoms with Gasteiger partial charge in [-0.3, -0.25) is 9.59 Å². The zero-order chi connectivity index (χ0) is 17.1. The molecular weight excluding hydrogens is 316 g/mol. The maximum absolute atomic E-state index is 13.0. The molecule has 0 spiro atoms. The van der Waals surface area contributed by atoms with Crippen LogP contribution in [0.2, 0.25) is 0 Å². The fourth-order valence-corrected chi connectivity index (χ4v) is 4.41. The zero-order valence-corrected chi connectivity index (χ0v) is 13.9. The Morgan fingerprint density at radius 3 is 2.76 bits per heavy atom. The van der Waals surface area contributed by atoms with Crippen LogP contribution in [0, 0.1) is 11.8 Å². The van der Waals surface area contributed by atoms with Crippen molar-refractivity contribution < 1.29 is 4.79 Å². The van der Waals surface area contributed by atoms with E-state index in [1.165, 1.54) is 17.4 Å². The number of hydrogen-bond acceptors (Lipinski definition) is 4. The van der Waals surface area contributed by atoms with Gasteiger partial charge in [-0.25, -0.2) is 4.68 Å². The van der Waals surface area contributed by atoms with Crippen LogP contribution in [0.5, 0.6) is 0 Å². The fourth-order valence-electron chi connectivity index (χ4n) is 4.41. The summed E-state index contributed by atoms with van der Waals surface area (Å²) in [7, 11) is 1.70. The zero-order valence-electron chi connectivity index (χ0n) is 13.9.